The van der Waals surface area contributed by atoms with Gasteiger partial charge in [0.2, 0.25) is 0 Å². The maximum Gasteiger partial charge on any atom is 0.196 e. The maximum absolute atomic E-state index is 13.1. The van der Waals surface area contributed by atoms with Crippen molar-refractivity contribution in [3.63, 3.8) is 0 Å². The van der Waals surface area contributed by atoms with Gasteiger partial charge in [-0.1, -0.05) is 26.0 Å². The van der Waals surface area contributed by atoms with Gasteiger partial charge in [-0.25, -0.2) is 0 Å². The van der Waals surface area contributed by atoms with Gasteiger partial charge in [0.05, 0.1) is 7.57 Å². The fourth-order valence-corrected chi connectivity index (χ4v) is 9.39. The number of carbonyl (C=O) groups is 1. The highest BCUT2D eigenvalue weighted by molar-refractivity contribution is 9.11. The standard InChI is InChI=1S/C20H10Br2OS3/c1-20(2)10-6-12(22)25-18(10)19-14(20)8-4-3-7-13(17(8)26-19)15(23)9-5-11(21)24-16(7)9/h3-6H,1-2H3. The summed E-state index contributed by atoms with van der Waals surface area (Å²) in [5.41, 5.74) is 5.60. The van der Waals surface area contributed by atoms with Crippen LogP contribution in [0.25, 0.3) is 30.3 Å². The molecule has 1 nitrogen and oxygen atoms in total. The second kappa shape index (κ2) is 4.97. The van der Waals surface area contributed by atoms with Gasteiger partial charge in [0, 0.05) is 41.4 Å². The van der Waals surface area contributed by atoms with E-state index in [0.717, 1.165) is 30.1 Å². The molecule has 6 heteroatoms. The van der Waals surface area contributed by atoms with Gasteiger partial charge in [-0.3, -0.25) is 4.79 Å². The van der Waals surface area contributed by atoms with Crippen LogP contribution in [0.1, 0.15) is 40.9 Å². The zero-order chi connectivity index (χ0) is 18.0. The second-order valence-electron chi connectivity index (χ2n) is 7.21. The summed E-state index contributed by atoms with van der Waals surface area (Å²) in [5, 5.41) is 1.25. The molecule has 3 aromatic heterocycles. The number of carbonyl (C=O) groups excluding carboxylic acids is 1. The molecule has 0 N–H and O–H groups in total. The topological polar surface area (TPSA) is 17.1 Å². The molecule has 0 bridgehead atoms. The molecule has 3 heterocycles. The zero-order valence-electron chi connectivity index (χ0n) is 13.7. The Hall–Kier alpha value is -0.790. The van der Waals surface area contributed by atoms with Crippen molar-refractivity contribution in [1.29, 1.82) is 0 Å². The van der Waals surface area contributed by atoms with Crippen molar-refractivity contribution in [2.45, 2.75) is 19.3 Å². The molecule has 0 atom stereocenters. The van der Waals surface area contributed by atoms with Crippen molar-refractivity contribution in [3.05, 3.63) is 54.1 Å². The van der Waals surface area contributed by atoms with Crippen LogP contribution in [0, 0.1) is 0 Å². The van der Waals surface area contributed by atoms with Crippen LogP contribution >= 0.6 is 65.9 Å². The van der Waals surface area contributed by atoms with Crippen molar-refractivity contribution in [2.75, 3.05) is 0 Å². The molecule has 0 spiro atoms. The van der Waals surface area contributed by atoms with Crippen LogP contribution in [0.5, 0.6) is 0 Å². The van der Waals surface area contributed by atoms with E-state index in [2.05, 4.69) is 63.9 Å². The second-order valence-corrected chi connectivity index (χ2v) is 13.1. The minimum absolute atomic E-state index is 0.0326. The predicted octanol–water partition coefficient (Wildman–Crippen LogP) is 8.07. The molecule has 0 unspecified atom stereocenters. The van der Waals surface area contributed by atoms with Gasteiger partial charge in [0.1, 0.15) is 0 Å². The van der Waals surface area contributed by atoms with Gasteiger partial charge >= 0.3 is 0 Å². The van der Waals surface area contributed by atoms with E-state index in [-0.39, 0.29) is 11.2 Å². The third-order valence-electron chi connectivity index (χ3n) is 5.48. The number of hydrogen-bond acceptors (Lipinski definition) is 4. The van der Waals surface area contributed by atoms with Crippen LogP contribution in [0.4, 0.5) is 0 Å². The Morgan fingerprint density at radius 1 is 0.885 bits per heavy atom. The fraction of sp³-hybridized carbons (Fsp3) is 0.150. The minimum Gasteiger partial charge on any atom is -0.288 e. The van der Waals surface area contributed by atoms with E-state index >= 15 is 0 Å². The van der Waals surface area contributed by atoms with Crippen molar-refractivity contribution in [3.8, 4) is 20.2 Å². The van der Waals surface area contributed by atoms with Crippen LogP contribution in [0.2, 0.25) is 0 Å². The lowest BCUT2D eigenvalue weighted by Gasteiger charge is -2.20. The number of fused-ring (bicyclic) bond motifs is 9. The molecule has 2 aliphatic rings. The molecular formula is C20H10Br2OS3. The van der Waals surface area contributed by atoms with Crippen molar-refractivity contribution < 1.29 is 4.79 Å². The SMILES string of the molecule is CC1(C)c2cc(Br)sc2-c2sc3c4c(ccc3c21)-c1sc(Br)cc1C4=O. The largest absolute Gasteiger partial charge is 0.288 e. The number of ketones is 1. The van der Waals surface area contributed by atoms with E-state index < -0.39 is 0 Å². The first-order chi connectivity index (χ1) is 12.4. The monoisotopic (exact) mass is 520 g/mol. The van der Waals surface area contributed by atoms with Crippen LogP contribution in [-0.4, -0.2) is 5.78 Å². The summed E-state index contributed by atoms with van der Waals surface area (Å²) in [6.07, 6.45) is 0. The lowest BCUT2D eigenvalue weighted by Crippen LogP contribution is -2.14. The Labute approximate surface area is 178 Å². The maximum atomic E-state index is 13.1. The zero-order valence-corrected chi connectivity index (χ0v) is 19.3. The Bertz CT molecular complexity index is 1300. The summed E-state index contributed by atoms with van der Waals surface area (Å²) < 4.78 is 3.34. The first kappa shape index (κ1) is 16.2. The quantitative estimate of drug-likeness (QED) is 0.201. The molecule has 0 saturated carbocycles. The molecule has 0 saturated heterocycles. The summed E-state index contributed by atoms with van der Waals surface area (Å²) in [6.45, 7) is 4.60. The number of benzene rings is 1. The highest BCUT2D eigenvalue weighted by atomic mass is 79.9. The van der Waals surface area contributed by atoms with Crippen LogP contribution in [0.3, 0.4) is 0 Å². The van der Waals surface area contributed by atoms with Gasteiger partial charge in [-0.15, -0.1) is 34.0 Å². The Balaban J connectivity index is 1.72. The third kappa shape index (κ3) is 1.78. The molecule has 0 radical (unpaired) electrons. The molecule has 1 aromatic carbocycles. The van der Waals surface area contributed by atoms with Crippen LogP contribution in [-0.2, 0) is 5.41 Å². The Morgan fingerprint density at radius 2 is 1.62 bits per heavy atom. The van der Waals surface area contributed by atoms with E-state index in [0.29, 0.717) is 0 Å². The third-order valence-corrected chi connectivity index (χ3v) is 10.2. The molecule has 0 fully saturated rings. The molecule has 0 aliphatic heterocycles. The lowest BCUT2D eigenvalue weighted by molar-refractivity contribution is 0.104. The van der Waals surface area contributed by atoms with Crippen molar-refractivity contribution in [1.82, 2.24) is 0 Å². The molecule has 26 heavy (non-hydrogen) atoms. The van der Waals surface area contributed by atoms with Crippen LogP contribution in [0.15, 0.2) is 31.8 Å². The number of rotatable bonds is 0. The van der Waals surface area contributed by atoms with E-state index in [1.165, 1.54) is 30.1 Å². The van der Waals surface area contributed by atoms with E-state index in [4.69, 9.17) is 0 Å². The average Bonchev–Trinajstić information content (AvgIpc) is 3.32. The van der Waals surface area contributed by atoms with Crippen molar-refractivity contribution in [2.24, 2.45) is 0 Å². The minimum atomic E-state index is -0.0326. The molecule has 6 rings (SSSR count). The summed E-state index contributed by atoms with van der Waals surface area (Å²) >= 11 is 12.4. The predicted molar refractivity (Wildman–Crippen MR) is 119 cm³/mol. The smallest absolute Gasteiger partial charge is 0.196 e. The first-order valence-corrected chi connectivity index (χ1v) is 12.2. The van der Waals surface area contributed by atoms with Gasteiger partial charge in [-0.05, 0) is 60.5 Å². The first-order valence-electron chi connectivity index (χ1n) is 8.12. The van der Waals surface area contributed by atoms with Gasteiger partial charge in [-0.2, -0.15) is 0 Å². The number of hydrogen-bond donors (Lipinski definition) is 0. The Kier molecular flexibility index (Phi) is 3.10. The summed E-state index contributed by atoms with van der Waals surface area (Å²) in [4.78, 5) is 16.9. The summed E-state index contributed by atoms with van der Waals surface area (Å²) in [6, 6.07) is 8.60. The molecule has 4 aromatic rings. The highest BCUT2D eigenvalue weighted by Crippen LogP contribution is 2.60. The van der Waals surface area contributed by atoms with Crippen LogP contribution < -0.4 is 0 Å². The molecule has 0 amide bonds. The molecule has 128 valence electrons. The highest BCUT2D eigenvalue weighted by Gasteiger charge is 2.42. The van der Waals surface area contributed by atoms with E-state index in [1.54, 1.807) is 34.0 Å². The van der Waals surface area contributed by atoms with Gasteiger partial charge in [0.15, 0.2) is 5.78 Å². The summed E-state index contributed by atoms with van der Waals surface area (Å²) in [7, 11) is 0. The van der Waals surface area contributed by atoms with Gasteiger partial charge in [0.25, 0.3) is 0 Å². The lowest BCUT2D eigenvalue weighted by atomic mass is 9.82. The average molecular weight is 522 g/mol. The summed E-state index contributed by atoms with van der Waals surface area (Å²) in [5.74, 6) is 0.174. The molecular weight excluding hydrogens is 512 g/mol. The van der Waals surface area contributed by atoms with E-state index in [1.807, 2.05) is 6.07 Å². The van der Waals surface area contributed by atoms with Crippen molar-refractivity contribution >= 4 is 81.7 Å². The fourth-order valence-electron chi connectivity index (χ4n) is 4.35. The van der Waals surface area contributed by atoms with Gasteiger partial charge < -0.3 is 0 Å². The van der Waals surface area contributed by atoms with E-state index in [9.17, 15) is 4.79 Å². The Morgan fingerprint density at radius 3 is 2.42 bits per heavy atom. The molecule has 2 aliphatic carbocycles. The normalized spacial score (nSPS) is 16.1. The number of halogens is 2. The number of thiophene rings is 3.